The molecule has 2 nitrogen and oxygen atoms in total. The standard InChI is InChI=1S/C17H24N2S/c1-3-10-18-12-17(16-7-5-4-6-8-16)19(2)13-15-9-11-20-14-15/h4-9,11,14,17-18H,3,10,12-13H2,1-2H3. The third-order valence-electron chi connectivity index (χ3n) is 3.49. The highest BCUT2D eigenvalue weighted by molar-refractivity contribution is 7.07. The molecule has 108 valence electrons. The van der Waals surface area contributed by atoms with Crippen molar-refractivity contribution in [1.29, 1.82) is 0 Å². The molecule has 0 bridgehead atoms. The highest BCUT2D eigenvalue weighted by Crippen LogP contribution is 2.21. The SMILES string of the molecule is CCCNCC(c1ccccc1)N(C)Cc1ccsc1. The average Bonchev–Trinajstić information content (AvgIpc) is 2.97. The lowest BCUT2D eigenvalue weighted by atomic mass is 10.1. The number of likely N-dealkylation sites (N-methyl/N-ethyl adjacent to an activating group) is 1. The Morgan fingerprint density at radius 3 is 2.65 bits per heavy atom. The van der Waals surface area contributed by atoms with Gasteiger partial charge in [-0.2, -0.15) is 11.3 Å². The van der Waals surface area contributed by atoms with Crippen LogP contribution >= 0.6 is 11.3 Å². The van der Waals surface area contributed by atoms with Crippen molar-refractivity contribution in [3.8, 4) is 0 Å². The summed E-state index contributed by atoms with van der Waals surface area (Å²) < 4.78 is 0. The van der Waals surface area contributed by atoms with Crippen LogP contribution in [0.4, 0.5) is 0 Å². The Morgan fingerprint density at radius 2 is 2.00 bits per heavy atom. The molecular formula is C17H24N2S. The number of hydrogen-bond acceptors (Lipinski definition) is 3. The van der Waals surface area contributed by atoms with E-state index in [1.807, 2.05) is 0 Å². The van der Waals surface area contributed by atoms with Crippen LogP contribution in [0.5, 0.6) is 0 Å². The van der Waals surface area contributed by atoms with E-state index in [1.165, 1.54) is 17.5 Å². The summed E-state index contributed by atoms with van der Waals surface area (Å²) in [6.07, 6.45) is 1.18. The van der Waals surface area contributed by atoms with Crippen LogP contribution < -0.4 is 5.32 Å². The molecule has 0 fully saturated rings. The highest BCUT2D eigenvalue weighted by Gasteiger charge is 2.16. The molecule has 1 N–H and O–H groups in total. The Balaban J connectivity index is 2.04. The Labute approximate surface area is 126 Å². The summed E-state index contributed by atoms with van der Waals surface area (Å²) in [6, 6.07) is 13.4. The lowest BCUT2D eigenvalue weighted by Crippen LogP contribution is -2.33. The van der Waals surface area contributed by atoms with E-state index in [9.17, 15) is 0 Å². The Kier molecular flexibility index (Phi) is 6.25. The maximum atomic E-state index is 3.56. The van der Waals surface area contributed by atoms with E-state index in [-0.39, 0.29) is 0 Å². The number of hydrogen-bond donors (Lipinski definition) is 1. The second-order valence-corrected chi connectivity index (χ2v) is 5.96. The first-order chi connectivity index (χ1) is 9.81. The van der Waals surface area contributed by atoms with Gasteiger partial charge in [-0.25, -0.2) is 0 Å². The number of benzene rings is 1. The fourth-order valence-electron chi connectivity index (χ4n) is 2.40. The van der Waals surface area contributed by atoms with Gasteiger partial charge in [0.25, 0.3) is 0 Å². The van der Waals surface area contributed by atoms with Gasteiger partial charge in [0.15, 0.2) is 0 Å². The van der Waals surface area contributed by atoms with Gasteiger partial charge in [0.05, 0.1) is 0 Å². The molecule has 0 saturated carbocycles. The average molecular weight is 288 g/mol. The summed E-state index contributed by atoms with van der Waals surface area (Å²) in [4.78, 5) is 2.43. The molecule has 1 unspecified atom stereocenters. The number of nitrogens with zero attached hydrogens (tertiary/aromatic N) is 1. The first kappa shape index (κ1) is 15.2. The normalized spacial score (nSPS) is 12.8. The molecule has 1 aromatic heterocycles. The van der Waals surface area contributed by atoms with Crippen molar-refractivity contribution in [2.75, 3.05) is 20.1 Å². The zero-order chi connectivity index (χ0) is 14.2. The summed E-state index contributed by atoms with van der Waals surface area (Å²) in [6.45, 7) is 5.28. The molecule has 1 heterocycles. The van der Waals surface area contributed by atoms with E-state index >= 15 is 0 Å². The van der Waals surface area contributed by atoms with Crippen LogP contribution in [0.3, 0.4) is 0 Å². The van der Waals surface area contributed by atoms with Gasteiger partial charge in [0.1, 0.15) is 0 Å². The summed E-state index contributed by atoms with van der Waals surface area (Å²) in [5.74, 6) is 0. The lowest BCUT2D eigenvalue weighted by molar-refractivity contribution is 0.230. The first-order valence-electron chi connectivity index (χ1n) is 7.28. The van der Waals surface area contributed by atoms with Crippen molar-refractivity contribution in [2.45, 2.75) is 25.9 Å². The fourth-order valence-corrected chi connectivity index (χ4v) is 3.06. The molecule has 0 spiro atoms. The molecule has 2 rings (SSSR count). The summed E-state index contributed by atoms with van der Waals surface area (Å²) in [5, 5.41) is 7.94. The largest absolute Gasteiger partial charge is 0.315 e. The van der Waals surface area contributed by atoms with Gasteiger partial charge in [-0.05, 0) is 48.0 Å². The zero-order valence-corrected chi connectivity index (χ0v) is 13.2. The van der Waals surface area contributed by atoms with E-state index in [0.717, 1.165) is 19.6 Å². The van der Waals surface area contributed by atoms with Crippen molar-refractivity contribution < 1.29 is 0 Å². The first-order valence-corrected chi connectivity index (χ1v) is 8.22. The van der Waals surface area contributed by atoms with E-state index in [2.05, 4.69) is 71.3 Å². The lowest BCUT2D eigenvalue weighted by Gasteiger charge is -2.28. The van der Waals surface area contributed by atoms with Crippen LogP contribution in [0, 0.1) is 0 Å². The minimum Gasteiger partial charge on any atom is -0.315 e. The predicted octanol–water partition coefficient (Wildman–Crippen LogP) is 3.92. The van der Waals surface area contributed by atoms with Gasteiger partial charge in [-0.15, -0.1) is 0 Å². The molecule has 0 saturated heterocycles. The van der Waals surface area contributed by atoms with E-state index < -0.39 is 0 Å². The maximum Gasteiger partial charge on any atom is 0.0473 e. The Hall–Kier alpha value is -1.16. The molecule has 3 heteroatoms. The molecule has 0 amide bonds. The zero-order valence-electron chi connectivity index (χ0n) is 12.4. The monoisotopic (exact) mass is 288 g/mol. The minimum atomic E-state index is 0.419. The Morgan fingerprint density at radius 1 is 1.20 bits per heavy atom. The number of rotatable bonds is 8. The molecule has 2 aromatic rings. The third kappa shape index (κ3) is 4.44. The molecular weight excluding hydrogens is 264 g/mol. The molecule has 0 aliphatic heterocycles. The van der Waals surface area contributed by atoms with Gasteiger partial charge < -0.3 is 5.32 Å². The second kappa shape index (κ2) is 8.20. The number of nitrogens with one attached hydrogen (secondary N) is 1. The van der Waals surface area contributed by atoms with Gasteiger partial charge in [-0.1, -0.05) is 37.3 Å². The molecule has 0 aliphatic rings. The summed E-state index contributed by atoms with van der Waals surface area (Å²) >= 11 is 1.77. The highest BCUT2D eigenvalue weighted by atomic mass is 32.1. The van der Waals surface area contributed by atoms with Crippen molar-refractivity contribution in [1.82, 2.24) is 10.2 Å². The van der Waals surface area contributed by atoms with Crippen LogP contribution in [-0.2, 0) is 6.54 Å². The van der Waals surface area contributed by atoms with E-state index in [4.69, 9.17) is 0 Å². The van der Waals surface area contributed by atoms with Crippen LogP contribution in [0.15, 0.2) is 47.2 Å². The van der Waals surface area contributed by atoms with Crippen molar-refractivity contribution in [3.05, 3.63) is 58.3 Å². The number of thiophene rings is 1. The molecule has 20 heavy (non-hydrogen) atoms. The van der Waals surface area contributed by atoms with E-state index in [1.54, 1.807) is 11.3 Å². The van der Waals surface area contributed by atoms with Gasteiger partial charge in [0, 0.05) is 19.1 Å². The molecule has 1 atom stereocenters. The Bertz CT molecular complexity index is 467. The topological polar surface area (TPSA) is 15.3 Å². The summed E-state index contributed by atoms with van der Waals surface area (Å²) in [5.41, 5.74) is 2.78. The predicted molar refractivity (Wildman–Crippen MR) is 88.1 cm³/mol. The maximum absolute atomic E-state index is 3.56. The smallest absolute Gasteiger partial charge is 0.0473 e. The van der Waals surface area contributed by atoms with Crippen molar-refractivity contribution in [2.24, 2.45) is 0 Å². The van der Waals surface area contributed by atoms with E-state index in [0.29, 0.717) is 6.04 Å². The fraction of sp³-hybridized carbons (Fsp3) is 0.412. The minimum absolute atomic E-state index is 0.419. The van der Waals surface area contributed by atoms with Crippen molar-refractivity contribution >= 4 is 11.3 Å². The van der Waals surface area contributed by atoms with Crippen LogP contribution in [0.2, 0.25) is 0 Å². The van der Waals surface area contributed by atoms with Crippen molar-refractivity contribution in [3.63, 3.8) is 0 Å². The van der Waals surface area contributed by atoms with Crippen LogP contribution in [-0.4, -0.2) is 25.0 Å². The molecule has 0 radical (unpaired) electrons. The third-order valence-corrected chi connectivity index (χ3v) is 4.22. The van der Waals surface area contributed by atoms with Crippen LogP contribution in [0.1, 0.15) is 30.5 Å². The summed E-state index contributed by atoms with van der Waals surface area (Å²) in [7, 11) is 2.21. The molecule has 0 aliphatic carbocycles. The second-order valence-electron chi connectivity index (χ2n) is 5.18. The van der Waals surface area contributed by atoms with Crippen LogP contribution in [0.25, 0.3) is 0 Å². The molecule has 1 aromatic carbocycles. The van der Waals surface area contributed by atoms with Gasteiger partial charge in [0.2, 0.25) is 0 Å². The quantitative estimate of drug-likeness (QED) is 0.741. The van der Waals surface area contributed by atoms with Gasteiger partial charge >= 0.3 is 0 Å². The van der Waals surface area contributed by atoms with Gasteiger partial charge in [-0.3, -0.25) is 4.90 Å².